The van der Waals surface area contributed by atoms with Crippen molar-refractivity contribution in [1.29, 1.82) is 0 Å². The van der Waals surface area contributed by atoms with Crippen molar-refractivity contribution in [3.05, 3.63) is 12.4 Å². The van der Waals surface area contributed by atoms with Gasteiger partial charge in [0.1, 0.15) is 11.6 Å². The van der Waals surface area contributed by atoms with Crippen molar-refractivity contribution in [2.75, 3.05) is 36.9 Å². The molecule has 0 bridgehead atoms. The number of hydrogen-bond donors (Lipinski definition) is 2. The molecule has 1 atom stereocenters. The number of aromatic nitrogens is 2. The summed E-state index contributed by atoms with van der Waals surface area (Å²) in [5.74, 6) is 1.14. The van der Waals surface area contributed by atoms with E-state index in [0.717, 1.165) is 12.4 Å². The Morgan fingerprint density at radius 1 is 1.60 bits per heavy atom. The van der Waals surface area contributed by atoms with Gasteiger partial charge >= 0.3 is 0 Å². The van der Waals surface area contributed by atoms with Gasteiger partial charge in [0.2, 0.25) is 0 Å². The molecule has 15 heavy (non-hydrogen) atoms. The summed E-state index contributed by atoms with van der Waals surface area (Å²) in [7, 11) is 0. The number of hydrogen-bond acceptors (Lipinski definition) is 6. The minimum atomic E-state index is -0.151. The van der Waals surface area contributed by atoms with Crippen LogP contribution in [0, 0.1) is 0 Å². The number of nitrogens with two attached hydrogens (primary N) is 1. The van der Waals surface area contributed by atoms with Crippen LogP contribution in [0.5, 0.6) is 0 Å². The molecule has 0 saturated carbocycles. The van der Waals surface area contributed by atoms with Crippen LogP contribution in [0.15, 0.2) is 12.4 Å². The summed E-state index contributed by atoms with van der Waals surface area (Å²) in [5.41, 5.74) is 5.55. The van der Waals surface area contributed by atoms with E-state index in [4.69, 9.17) is 15.6 Å². The van der Waals surface area contributed by atoms with Crippen molar-refractivity contribution in [1.82, 2.24) is 9.97 Å². The summed E-state index contributed by atoms with van der Waals surface area (Å²) in [6.45, 7) is 1.97. The van der Waals surface area contributed by atoms with Crippen molar-refractivity contribution < 1.29 is 9.84 Å². The molecule has 6 heteroatoms. The lowest BCUT2D eigenvalue weighted by Gasteiger charge is -2.32. The second-order valence-corrected chi connectivity index (χ2v) is 3.42. The Morgan fingerprint density at radius 3 is 3.20 bits per heavy atom. The first-order valence-electron chi connectivity index (χ1n) is 4.84. The van der Waals surface area contributed by atoms with Crippen LogP contribution in [-0.2, 0) is 4.74 Å². The SMILES string of the molecule is Nc1cncc(N2CCOC(CO)C2)n1. The van der Waals surface area contributed by atoms with Crippen molar-refractivity contribution in [3.8, 4) is 0 Å². The van der Waals surface area contributed by atoms with E-state index in [-0.39, 0.29) is 12.7 Å². The maximum absolute atomic E-state index is 9.00. The first-order valence-corrected chi connectivity index (χ1v) is 4.84. The molecule has 0 spiro atoms. The van der Waals surface area contributed by atoms with Gasteiger partial charge in [0.05, 0.1) is 31.7 Å². The lowest BCUT2D eigenvalue weighted by Crippen LogP contribution is -2.44. The molecular formula is C9H14N4O2. The number of aliphatic hydroxyl groups is 1. The highest BCUT2D eigenvalue weighted by Gasteiger charge is 2.20. The second kappa shape index (κ2) is 4.41. The zero-order valence-electron chi connectivity index (χ0n) is 8.33. The average Bonchev–Trinajstić information content (AvgIpc) is 2.29. The second-order valence-electron chi connectivity index (χ2n) is 3.42. The van der Waals surface area contributed by atoms with Gasteiger partial charge in [-0.05, 0) is 0 Å². The molecular weight excluding hydrogens is 196 g/mol. The molecule has 1 unspecified atom stereocenters. The standard InChI is InChI=1S/C9H14N4O2/c10-8-3-11-4-9(12-8)13-1-2-15-7(5-13)6-14/h3-4,7,14H,1-2,5-6H2,(H2,10,12). The van der Waals surface area contributed by atoms with Crippen LogP contribution >= 0.6 is 0 Å². The lowest BCUT2D eigenvalue weighted by atomic mass is 10.3. The molecule has 1 aliphatic rings. The van der Waals surface area contributed by atoms with E-state index in [1.54, 1.807) is 6.20 Å². The van der Waals surface area contributed by atoms with Gasteiger partial charge < -0.3 is 20.5 Å². The van der Waals surface area contributed by atoms with Crippen molar-refractivity contribution in [2.24, 2.45) is 0 Å². The number of rotatable bonds is 2. The highest BCUT2D eigenvalue weighted by atomic mass is 16.5. The summed E-state index contributed by atoms with van der Waals surface area (Å²) in [6, 6.07) is 0. The highest BCUT2D eigenvalue weighted by molar-refractivity contribution is 5.41. The third kappa shape index (κ3) is 2.34. The molecule has 1 fully saturated rings. The third-order valence-corrected chi connectivity index (χ3v) is 2.31. The minimum absolute atomic E-state index is 0.0201. The van der Waals surface area contributed by atoms with Crippen LogP contribution in [-0.4, -0.2) is 47.5 Å². The minimum Gasteiger partial charge on any atom is -0.394 e. The molecule has 2 rings (SSSR count). The Labute approximate surface area is 87.7 Å². The van der Waals surface area contributed by atoms with Crippen LogP contribution in [0.3, 0.4) is 0 Å². The maximum Gasteiger partial charge on any atom is 0.149 e. The number of anilines is 2. The van der Waals surface area contributed by atoms with Crippen molar-refractivity contribution >= 4 is 11.6 Å². The van der Waals surface area contributed by atoms with Crippen LogP contribution in [0.1, 0.15) is 0 Å². The first kappa shape index (κ1) is 10.1. The van der Waals surface area contributed by atoms with E-state index in [9.17, 15) is 0 Å². The predicted molar refractivity (Wildman–Crippen MR) is 55.5 cm³/mol. The van der Waals surface area contributed by atoms with E-state index in [2.05, 4.69) is 9.97 Å². The topological polar surface area (TPSA) is 84.5 Å². The summed E-state index contributed by atoms with van der Waals surface area (Å²) in [6.07, 6.45) is 3.02. The summed E-state index contributed by atoms with van der Waals surface area (Å²) < 4.78 is 5.34. The monoisotopic (exact) mass is 210 g/mol. The number of nitrogens with zero attached hydrogens (tertiary/aromatic N) is 3. The Kier molecular flexibility index (Phi) is 2.98. The largest absolute Gasteiger partial charge is 0.394 e. The lowest BCUT2D eigenvalue weighted by molar-refractivity contribution is 0.00335. The molecule has 82 valence electrons. The Balaban J connectivity index is 2.09. The zero-order chi connectivity index (χ0) is 10.7. The molecule has 6 nitrogen and oxygen atoms in total. The molecule has 2 heterocycles. The van der Waals surface area contributed by atoms with Gasteiger partial charge in [-0.3, -0.25) is 4.98 Å². The van der Waals surface area contributed by atoms with Gasteiger partial charge in [0, 0.05) is 13.1 Å². The van der Waals surface area contributed by atoms with E-state index in [1.807, 2.05) is 4.90 Å². The Bertz CT molecular complexity index is 334. The van der Waals surface area contributed by atoms with E-state index in [1.165, 1.54) is 6.20 Å². The van der Waals surface area contributed by atoms with Crippen molar-refractivity contribution in [2.45, 2.75) is 6.10 Å². The van der Waals surface area contributed by atoms with Crippen LogP contribution in [0.2, 0.25) is 0 Å². The van der Waals surface area contributed by atoms with Gasteiger partial charge in [-0.2, -0.15) is 0 Å². The quantitative estimate of drug-likeness (QED) is 0.668. The summed E-state index contributed by atoms with van der Waals surface area (Å²) in [5, 5.41) is 9.00. The fraction of sp³-hybridized carbons (Fsp3) is 0.556. The molecule has 0 amide bonds. The molecule has 1 saturated heterocycles. The average molecular weight is 210 g/mol. The maximum atomic E-state index is 9.00. The fourth-order valence-electron chi connectivity index (χ4n) is 1.56. The van der Waals surface area contributed by atoms with E-state index < -0.39 is 0 Å². The molecule has 0 aliphatic carbocycles. The predicted octanol–water partition coefficient (Wildman–Crippen LogP) is -0.744. The molecule has 1 aromatic rings. The smallest absolute Gasteiger partial charge is 0.149 e. The Hall–Kier alpha value is -1.40. The molecule has 3 N–H and O–H groups in total. The fourth-order valence-corrected chi connectivity index (χ4v) is 1.56. The molecule has 1 aliphatic heterocycles. The number of aliphatic hydroxyl groups excluding tert-OH is 1. The molecule has 0 radical (unpaired) electrons. The number of nitrogen functional groups attached to an aromatic ring is 1. The summed E-state index contributed by atoms with van der Waals surface area (Å²) in [4.78, 5) is 10.2. The normalized spacial score (nSPS) is 21.7. The zero-order valence-corrected chi connectivity index (χ0v) is 8.33. The molecule has 0 aromatic carbocycles. The van der Waals surface area contributed by atoms with Crippen molar-refractivity contribution in [3.63, 3.8) is 0 Å². The van der Waals surface area contributed by atoms with Crippen LogP contribution in [0.4, 0.5) is 11.6 Å². The number of morpholine rings is 1. The third-order valence-electron chi connectivity index (χ3n) is 2.31. The van der Waals surface area contributed by atoms with Gasteiger partial charge in [0.15, 0.2) is 0 Å². The van der Waals surface area contributed by atoms with E-state index in [0.29, 0.717) is 19.0 Å². The Morgan fingerprint density at radius 2 is 2.47 bits per heavy atom. The van der Waals surface area contributed by atoms with Gasteiger partial charge in [-0.25, -0.2) is 4.98 Å². The van der Waals surface area contributed by atoms with Gasteiger partial charge in [0.25, 0.3) is 0 Å². The van der Waals surface area contributed by atoms with Gasteiger partial charge in [-0.1, -0.05) is 0 Å². The van der Waals surface area contributed by atoms with Gasteiger partial charge in [-0.15, -0.1) is 0 Å². The first-order chi connectivity index (χ1) is 7.29. The van der Waals surface area contributed by atoms with Crippen LogP contribution < -0.4 is 10.6 Å². The van der Waals surface area contributed by atoms with Crippen LogP contribution in [0.25, 0.3) is 0 Å². The summed E-state index contributed by atoms with van der Waals surface area (Å²) >= 11 is 0. The van der Waals surface area contributed by atoms with E-state index >= 15 is 0 Å². The highest BCUT2D eigenvalue weighted by Crippen LogP contribution is 2.14. The molecule has 1 aromatic heterocycles. The number of ether oxygens (including phenoxy) is 1.